The number of aromatic nitrogens is 2. The van der Waals surface area contributed by atoms with E-state index in [1.54, 1.807) is 24.3 Å². The maximum Gasteiger partial charge on any atom is 0.244 e. The minimum Gasteiger partial charge on any atom is -0.508 e. The molecule has 1 saturated heterocycles. The summed E-state index contributed by atoms with van der Waals surface area (Å²) < 4.78 is 5.29. The molecular formula is C12H13N3O2S. The van der Waals surface area contributed by atoms with Gasteiger partial charge >= 0.3 is 0 Å². The highest BCUT2D eigenvalue weighted by atomic mass is 32.2. The third-order valence-corrected chi connectivity index (χ3v) is 3.85. The molecule has 94 valence electrons. The van der Waals surface area contributed by atoms with Gasteiger partial charge in [-0.1, -0.05) is 5.16 Å². The third kappa shape index (κ3) is 2.34. The summed E-state index contributed by atoms with van der Waals surface area (Å²) in [7, 11) is 0. The van der Waals surface area contributed by atoms with Crippen molar-refractivity contribution in [2.75, 3.05) is 18.1 Å². The van der Waals surface area contributed by atoms with Crippen molar-refractivity contribution in [2.24, 2.45) is 0 Å². The van der Waals surface area contributed by atoms with E-state index in [0.29, 0.717) is 11.7 Å². The van der Waals surface area contributed by atoms with E-state index < -0.39 is 0 Å². The van der Waals surface area contributed by atoms with Crippen LogP contribution < -0.4 is 5.32 Å². The first-order valence-electron chi connectivity index (χ1n) is 5.77. The van der Waals surface area contributed by atoms with Crippen LogP contribution in [-0.4, -0.2) is 33.3 Å². The van der Waals surface area contributed by atoms with E-state index in [2.05, 4.69) is 15.5 Å². The summed E-state index contributed by atoms with van der Waals surface area (Å²) in [6, 6.07) is 6.90. The first-order chi connectivity index (χ1) is 8.83. The Bertz CT molecular complexity index is 520. The largest absolute Gasteiger partial charge is 0.508 e. The van der Waals surface area contributed by atoms with E-state index in [0.717, 1.165) is 23.6 Å². The number of aromatic hydroxyl groups is 1. The van der Waals surface area contributed by atoms with E-state index in [4.69, 9.17) is 4.52 Å². The molecule has 0 bridgehead atoms. The quantitative estimate of drug-likeness (QED) is 0.861. The minimum atomic E-state index is 0.141. The highest BCUT2D eigenvalue weighted by Crippen LogP contribution is 2.24. The second-order valence-electron chi connectivity index (χ2n) is 4.08. The van der Waals surface area contributed by atoms with E-state index in [1.807, 2.05) is 11.8 Å². The predicted molar refractivity (Wildman–Crippen MR) is 69.5 cm³/mol. The van der Waals surface area contributed by atoms with E-state index in [-0.39, 0.29) is 11.8 Å². The van der Waals surface area contributed by atoms with E-state index in [9.17, 15) is 5.11 Å². The number of thioether (sulfide) groups is 1. The normalized spacial score (nSPS) is 19.9. The highest BCUT2D eigenvalue weighted by molar-refractivity contribution is 7.99. The van der Waals surface area contributed by atoms with Crippen molar-refractivity contribution in [1.82, 2.24) is 15.5 Å². The zero-order valence-corrected chi connectivity index (χ0v) is 10.5. The van der Waals surface area contributed by atoms with Crippen LogP contribution in [-0.2, 0) is 0 Å². The standard InChI is InChI=1S/C12H13N3O2S/c16-9-3-1-8(2-4-9)11-14-12(17-15-11)10-7-18-6-5-13-10/h1-4,10,13,16H,5-7H2. The number of benzene rings is 1. The Balaban J connectivity index is 1.82. The molecule has 1 aliphatic heterocycles. The summed E-state index contributed by atoms with van der Waals surface area (Å²) in [6.07, 6.45) is 0. The van der Waals surface area contributed by atoms with Gasteiger partial charge in [0, 0.05) is 23.6 Å². The third-order valence-electron chi connectivity index (χ3n) is 2.79. The van der Waals surface area contributed by atoms with Crippen LogP contribution in [0, 0.1) is 0 Å². The molecule has 6 heteroatoms. The summed E-state index contributed by atoms with van der Waals surface area (Å²) in [6.45, 7) is 0.965. The molecule has 1 aromatic carbocycles. The van der Waals surface area contributed by atoms with Crippen molar-refractivity contribution in [2.45, 2.75) is 6.04 Å². The van der Waals surface area contributed by atoms with Crippen LogP contribution in [0.5, 0.6) is 5.75 Å². The van der Waals surface area contributed by atoms with Gasteiger partial charge in [-0.3, -0.25) is 0 Å². The van der Waals surface area contributed by atoms with Crippen molar-refractivity contribution in [1.29, 1.82) is 0 Å². The Labute approximate surface area is 109 Å². The lowest BCUT2D eigenvalue weighted by Crippen LogP contribution is -2.30. The Morgan fingerprint density at radius 1 is 1.33 bits per heavy atom. The number of rotatable bonds is 2. The van der Waals surface area contributed by atoms with Crippen molar-refractivity contribution < 1.29 is 9.63 Å². The van der Waals surface area contributed by atoms with Gasteiger partial charge in [0.05, 0.1) is 6.04 Å². The molecule has 18 heavy (non-hydrogen) atoms. The zero-order chi connectivity index (χ0) is 12.4. The minimum absolute atomic E-state index is 0.141. The SMILES string of the molecule is Oc1ccc(-c2noc(C3CSCCN3)n2)cc1. The Kier molecular flexibility index (Phi) is 3.21. The summed E-state index contributed by atoms with van der Waals surface area (Å²) in [4.78, 5) is 4.40. The molecule has 1 unspecified atom stereocenters. The van der Waals surface area contributed by atoms with Crippen LogP contribution >= 0.6 is 11.8 Å². The maximum absolute atomic E-state index is 9.24. The lowest BCUT2D eigenvalue weighted by molar-refractivity contribution is 0.342. The lowest BCUT2D eigenvalue weighted by Gasteiger charge is -2.19. The summed E-state index contributed by atoms with van der Waals surface area (Å²) in [5, 5.41) is 16.6. The average molecular weight is 263 g/mol. The van der Waals surface area contributed by atoms with Crippen LogP contribution in [0.25, 0.3) is 11.4 Å². The number of nitrogens with one attached hydrogen (secondary N) is 1. The van der Waals surface area contributed by atoms with Crippen LogP contribution in [0.1, 0.15) is 11.9 Å². The molecule has 1 fully saturated rings. The number of phenols is 1. The predicted octanol–water partition coefficient (Wildman–Crippen LogP) is 1.82. The Morgan fingerprint density at radius 2 is 2.17 bits per heavy atom. The average Bonchev–Trinajstić information content (AvgIpc) is 2.90. The Hall–Kier alpha value is -1.53. The van der Waals surface area contributed by atoms with E-state index >= 15 is 0 Å². The van der Waals surface area contributed by atoms with Crippen LogP contribution in [0.3, 0.4) is 0 Å². The van der Waals surface area contributed by atoms with Gasteiger partial charge in [-0.25, -0.2) is 0 Å². The van der Waals surface area contributed by atoms with E-state index in [1.165, 1.54) is 0 Å². The van der Waals surface area contributed by atoms with Gasteiger partial charge in [0.2, 0.25) is 11.7 Å². The molecule has 2 aromatic rings. The van der Waals surface area contributed by atoms with Crippen LogP contribution in [0.4, 0.5) is 0 Å². The smallest absolute Gasteiger partial charge is 0.244 e. The van der Waals surface area contributed by atoms with Gasteiger partial charge in [-0.2, -0.15) is 16.7 Å². The highest BCUT2D eigenvalue weighted by Gasteiger charge is 2.21. The summed E-state index contributed by atoms with van der Waals surface area (Å²) in [5.74, 6) is 3.49. The molecule has 1 aromatic heterocycles. The van der Waals surface area contributed by atoms with Gasteiger partial charge in [-0.05, 0) is 24.3 Å². The topological polar surface area (TPSA) is 71.2 Å². The van der Waals surface area contributed by atoms with Gasteiger partial charge in [0.1, 0.15) is 5.75 Å². The fourth-order valence-corrected chi connectivity index (χ4v) is 2.75. The summed E-state index contributed by atoms with van der Waals surface area (Å²) in [5.41, 5.74) is 0.839. The number of hydrogen-bond acceptors (Lipinski definition) is 6. The molecule has 0 saturated carbocycles. The van der Waals surface area contributed by atoms with Crippen molar-refractivity contribution in [3.8, 4) is 17.1 Å². The molecule has 0 aliphatic carbocycles. The van der Waals surface area contributed by atoms with Crippen molar-refractivity contribution in [3.63, 3.8) is 0 Å². The Morgan fingerprint density at radius 3 is 2.89 bits per heavy atom. The molecule has 0 radical (unpaired) electrons. The van der Waals surface area contributed by atoms with Gasteiger partial charge in [-0.15, -0.1) is 0 Å². The first-order valence-corrected chi connectivity index (χ1v) is 6.92. The number of phenolic OH excluding ortho intramolecular Hbond substituents is 1. The van der Waals surface area contributed by atoms with Crippen molar-refractivity contribution in [3.05, 3.63) is 30.2 Å². The second-order valence-corrected chi connectivity index (χ2v) is 5.23. The zero-order valence-electron chi connectivity index (χ0n) is 9.67. The monoisotopic (exact) mass is 263 g/mol. The molecular weight excluding hydrogens is 250 g/mol. The summed E-state index contributed by atoms with van der Waals surface area (Å²) >= 11 is 1.88. The number of hydrogen-bond donors (Lipinski definition) is 2. The molecule has 0 spiro atoms. The van der Waals surface area contributed by atoms with Gasteiger partial charge < -0.3 is 14.9 Å². The van der Waals surface area contributed by atoms with Gasteiger partial charge in [0.15, 0.2) is 0 Å². The molecule has 2 N–H and O–H groups in total. The first kappa shape index (κ1) is 11.6. The van der Waals surface area contributed by atoms with Crippen LogP contribution in [0.15, 0.2) is 28.8 Å². The molecule has 1 aliphatic rings. The molecule has 1 atom stereocenters. The molecule has 0 amide bonds. The molecule has 5 nitrogen and oxygen atoms in total. The fourth-order valence-electron chi connectivity index (χ4n) is 1.83. The van der Waals surface area contributed by atoms with Crippen molar-refractivity contribution >= 4 is 11.8 Å². The number of nitrogens with zero attached hydrogens (tertiary/aromatic N) is 2. The molecule has 3 rings (SSSR count). The lowest BCUT2D eigenvalue weighted by atomic mass is 10.2. The molecule has 2 heterocycles. The fraction of sp³-hybridized carbons (Fsp3) is 0.333. The van der Waals surface area contributed by atoms with Crippen LogP contribution in [0.2, 0.25) is 0 Å². The second kappa shape index (κ2) is 4.99. The van der Waals surface area contributed by atoms with Gasteiger partial charge in [0.25, 0.3) is 0 Å². The maximum atomic E-state index is 9.24.